The fraction of sp³-hybridized carbons (Fsp3) is 0.677. The largest absolute Gasteiger partial charge is 0.481 e. The van der Waals surface area contributed by atoms with Crippen LogP contribution in [-0.2, 0) is 45.1 Å². The second-order valence-electron chi connectivity index (χ2n) is 25.5. The van der Waals surface area contributed by atoms with Gasteiger partial charge in [-0.25, -0.2) is 9.59 Å². The van der Waals surface area contributed by atoms with E-state index in [-0.39, 0.29) is 43.3 Å². The van der Waals surface area contributed by atoms with Crippen LogP contribution in [0.2, 0.25) is 0 Å². The zero-order chi connectivity index (χ0) is 54.9. The number of aliphatic carboxylic acids is 1. The SMILES string of the molecule is CC(C)CC1C2=C(CCN1C(=O)C1CCC(CN(C)C(=O)OC(C)(C)C)CC1)c1cc(CO)ccc1C2.CC(C)CC1NCCC2=C1Cc1ccc(CO)cc12.CN(CC1CCC(C(=O)O)CC1)C(=O)OC(C)(C)C. The van der Waals surface area contributed by atoms with Crippen molar-refractivity contribution in [3.05, 3.63) is 80.9 Å². The molecule has 0 bridgehead atoms. The third kappa shape index (κ3) is 16.4. The second-order valence-corrected chi connectivity index (χ2v) is 25.5. The van der Waals surface area contributed by atoms with E-state index in [1.807, 2.05) is 54.7 Å². The van der Waals surface area contributed by atoms with Gasteiger partial charge in [-0.2, -0.15) is 0 Å². The summed E-state index contributed by atoms with van der Waals surface area (Å²) in [5.74, 6) is 1.51. The van der Waals surface area contributed by atoms with Gasteiger partial charge in [0.1, 0.15) is 11.2 Å². The highest BCUT2D eigenvalue weighted by atomic mass is 16.6. The number of aliphatic hydroxyl groups excluding tert-OH is 2. The minimum Gasteiger partial charge on any atom is -0.481 e. The molecule has 0 saturated heterocycles. The normalized spacial score (nSPS) is 23.2. The molecule has 2 aromatic carbocycles. The number of amides is 3. The molecule has 13 nitrogen and oxygen atoms in total. The van der Waals surface area contributed by atoms with Crippen LogP contribution in [0, 0.1) is 35.5 Å². The molecule has 2 aliphatic heterocycles. The molecule has 2 aromatic rings. The Morgan fingerprint density at radius 3 is 1.55 bits per heavy atom. The molecule has 4 N–H and O–H groups in total. The summed E-state index contributed by atoms with van der Waals surface area (Å²) in [7, 11) is 3.54. The molecule has 0 aromatic heterocycles. The average molecular weight is 1040 g/mol. The molecule has 3 amide bonds. The molecule has 2 unspecified atom stereocenters. The van der Waals surface area contributed by atoms with Crippen LogP contribution in [0.15, 0.2) is 47.5 Å². The highest BCUT2D eigenvalue weighted by Gasteiger charge is 2.40. The number of carboxylic acid groups (broad SMARTS) is 1. The molecule has 8 rings (SSSR count). The Bertz CT molecular complexity index is 2360. The number of hydrogen-bond acceptors (Lipinski definition) is 9. The van der Waals surface area contributed by atoms with E-state index in [0.29, 0.717) is 55.6 Å². The Morgan fingerprint density at radius 1 is 0.653 bits per heavy atom. The maximum absolute atomic E-state index is 13.9. The molecule has 2 heterocycles. The minimum absolute atomic E-state index is 0.0617. The van der Waals surface area contributed by atoms with Crippen LogP contribution < -0.4 is 5.32 Å². The molecule has 2 fully saturated rings. The molecule has 416 valence electrons. The maximum Gasteiger partial charge on any atom is 0.410 e. The highest BCUT2D eigenvalue weighted by Crippen LogP contribution is 2.45. The summed E-state index contributed by atoms with van der Waals surface area (Å²) in [6, 6.07) is 13.5. The number of carbonyl (C=O) groups excluding carboxylic acids is 3. The van der Waals surface area contributed by atoms with E-state index in [0.717, 1.165) is 101 Å². The summed E-state index contributed by atoms with van der Waals surface area (Å²) in [4.78, 5) is 54.4. The number of hydrogen-bond donors (Lipinski definition) is 4. The first-order valence-electron chi connectivity index (χ1n) is 28.4. The Kier molecular flexibility index (Phi) is 20.7. The van der Waals surface area contributed by atoms with Gasteiger partial charge in [0.05, 0.1) is 25.2 Å². The number of nitrogens with one attached hydrogen (secondary N) is 1. The molecule has 2 saturated carbocycles. The first-order valence-corrected chi connectivity index (χ1v) is 28.4. The number of benzene rings is 2. The van der Waals surface area contributed by atoms with E-state index in [1.54, 1.807) is 28.0 Å². The summed E-state index contributed by atoms with van der Waals surface area (Å²) < 4.78 is 10.8. The molecular formula is C62H94N4O9. The van der Waals surface area contributed by atoms with Crippen molar-refractivity contribution >= 4 is 35.2 Å². The summed E-state index contributed by atoms with van der Waals surface area (Å²) in [5, 5.41) is 31.6. The molecule has 0 radical (unpaired) electrons. The van der Waals surface area contributed by atoms with Crippen LogP contribution in [0.5, 0.6) is 0 Å². The van der Waals surface area contributed by atoms with Crippen LogP contribution in [0.25, 0.3) is 11.1 Å². The minimum atomic E-state index is -0.695. The van der Waals surface area contributed by atoms with Gasteiger partial charge in [0.2, 0.25) is 5.91 Å². The van der Waals surface area contributed by atoms with Crippen LogP contribution >= 0.6 is 0 Å². The highest BCUT2D eigenvalue weighted by molar-refractivity contribution is 5.85. The van der Waals surface area contributed by atoms with Gasteiger partial charge in [0, 0.05) is 45.7 Å². The number of carboxylic acids is 1. The predicted octanol–water partition coefficient (Wildman–Crippen LogP) is 11.4. The van der Waals surface area contributed by atoms with Gasteiger partial charge >= 0.3 is 18.2 Å². The number of carbonyl (C=O) groups is 4. The molecule has 6 aliphatic rings. The smallest absolute Gasteiger partial charge is 0.410 e. The number of ether oxygens (including phenoxy) is 2. The zero-order valence-electron chi connectivity index (χ0n) is 47.9. The second kappa shape index (κ2) is 26.1. The van der Waals surface area contributed by atoms with Crippen molar-refractivity contribution in [3.8, 4) is 0 Å². The van der Waals surface area contributed by atoms with Crippen LogP contribution in [0.3, 0.4) is 0 Å². The van der Waals surface area contributed by atoms with E-state index in [4.69, 9.17) is 14.6 Å². The topological polar surface area (TPSA) is 169 Å². The van der Waals surface area contributed by atoms with Gasteiger partial charge in [-0.15, -0.1) is 0 Å². The van der Waals surface area contributed by atoms with Gasteiger partial charge in [0.15, 0.2) is 0 Å². The van der Waals surface area contributed by atoms with E-state index in [9.17, 15) is 29.4 Å². The van der Waals surface area contributed by atoms with E-state index in [1.165, 1.54) is 39.8 Å². The van der Waals surface area contributed by atoms with Crippen molar-refractivity contribution in [1.82, 2.24) is 20.0 Å². The molecular weight excluding hydrogens is 945 g/mol. The summed E-state index contributed by atoms with van der Waals surface area (Å²) >= 11 is 0. The van der Waals surface area contributed by atoms with Crippen molar-refractivity contribution in [2.45, 2.75) is 196 Å². The van der Waals surface area contributed by atoms with Crippen LogP contribution in [0.4, 0.5) is 9.59 Å². The first kappa shape index (κ1) is 59.5. The monoisotopic (exact) mass is 1040 g/mol. The predicted molar refractivity (Wildman–Crippen MR) is 298 cm³/mol. The van der Waals surface area contributed by atoms with E-state index in [2.05, 4.69) is 68.2 Å². The first-order chi connectivity index (χ1) is 35.3. The van der Waals surface area contributed by atoms with Crippen molar-refractivity contribution in [1.29, 1.82) is 0 Å². The molecule has 75 heavy (non-hydrogen) atoms. The summed E-state index contributed by atoms with van der Waals surface area (Å²) in [6.07, 6.45) is 12.5. The van der Waals surface area contributed by atoms with E-state index < -0.39 is 17.2 Å². The number of nitrogens with zero attached hydrogens (tertiary/aromatic N) is 3. The van der Waals surface area contributed by atoms with Crippen LogP contribution in [-0.4, -0.2) is 118 Å². The third-order valence-corrected chi connectivity index (χ3v) is 16.0. The number of rotatable bonds is 12. The fourth-order valence-corrected chi connectivity index (χ4v) is 12.3. The van der Waals surface area contributed by atoms with Crippen molar-refractivity contribution < 1.29 is 44.0 Å². The van der Waals surface area contributed by atoms with Crippen molar-refractivity contribution in [2.75, 3.05) is 40.3 Å². The lowest BCUT2D eigenvalue weighted by Crippen LogP contribution is -2.48. The van der Waals surface area contributed by atoms with Crippen molar-refractivity contribution in [3.63, 3.8) is 0 Å². The maximum atomic E-state index is 13.9. The van der Waals surface area contributed by atoms with E-state index >= 15 is 0 Å². The Labute approximate surface area is 449 Å². The lowest BCUT2D eigenvalue weighted by Gasteiger charge is -2.41. The van der Waals surface area contributed by atoms with Gasteiger partial charge in [0.25, 0.3) is 0 Å². The van der Waals surface area contributed by atoms with Crippen LogP contribution in [0.1, 0.15) is 180 Å². The van der Waals surface area contributed by atoms with Gasteiger partial charge in [-0.05, 0) is 229 Å². The van der Waals surface area contributed by atoms with Gasteiger partial charge < -0.3 is 44.8 Å². The molecule has 0 spiro atoms. The van der Waals surface area contributed by atoms with Crippen molar-refractivity contribution in [2.24, 2.45) is 35.5 Å². The summed E-state index contributed by atoms with van der Waals surface area (Å²) in [5.41, 5.74) is 12.5. The average Bonchev–Trinajstić information content (AvgIpc) is 3.92. The third-order valence-electron chi connectivity index (χ3n) is 16.0. The molecule has 2 atom stereocenters. The Morgan fingerprint density at radius 2 is 1.11 bits per heavy atom. The number of fused-ring (bicyclic) bond motifs is 4. The fourth-order valence-electron chi connectivity index (χ4n) is 12.3. The zero-order valence-corrected chi connectivity index (χ0v) is 47.9. The molecule has 4 aliphatic carbocycles. The Balaban J connectivity index is 0.000000202. The van der Waals surface area contributed by atoms with Gasteiger partial charge in [-0.3, -0.25) is 9.59 Å². The molecule has 13 heteroatoms. The quantitative estimate of drug-likeness (QED) is 0.161. The van der Waals surface area contributed by atoms with Gasteiger partial charge in [-0.1, -0.05) is 52.0 Å². The lowest BCUT2D eigenvalue weighted by atomic mass is 9.80. The lowest BCUT2D eigenvalue weighted by molar-refractivity contribution is -0.143. The number of aliphatic hydroxyl groups is 2. The Hall–Kier alpha value is -4.72. The summed E-state index contributed by atoms with van der Waals surface area (Å²) in [6.45, 7) is 23.7. The standard InChI is InChI=1S/C31H46N2O4.C17H23NO.C14H25NO4/c1-20(2)15-28-27-17-24-12-9-22(19-34)16-26(24)25(27)13-14-33(28)29(35)23-10-7-21(8-11-23)18-32(6)30(36)37-31(3,4)5;1-11(2)7-17-16-9-13-4-3-12(10-19)8-15(13)14(16)5-6-18-17;1-14(2,3)19-13(18)15(4)9-10-5-7-11(8-6-10)12(16)17/h9,12,16,20-21,23,28,34H,7-8,10-11,13-15,17-19H2,1-6H3;3-4,8,11,17-19H,5-7,9-10H2,1-2H3;10-11H,5-9H2,1-4H3,(H,16,17).